The van der Waals surface area contributed by atoms with Gasteiger partial charge in [-0.15, -0.1) is 0 Å². The zero-order valence-corrected chi connectivity index (χ0v) is 18.8. The third-order valence-electron chi connectivity index (χ3n) is 5.83. The van der Waals surface area contributed by atoms with Crippen LogP contribution in [0.5, 0.6) is 0 Å². The lowest BCUT2D eigenvalue weighted by Crippen LogP contribution is -1.97. The van der Waals surface area contributed by atoms with Crippen molar-refractivity contribution in [2.24, 2.45) is 0 Å². The first-order chi connectivity index (χ1) is 16.7. The molecule has 4 aromatic carbocycles. The number of rotatable bonds is 4. The Balaban J connectivity index is 1.57. The lowest BCUT2D eigenvalue weighted by molar-refractivity contribution is 0.669. The molecule has 4 nitrogen and oxygen atoms in total. The highest BCUT2D eigenvalue weighted by Gasteiger charge is 2.17. The molecule has 2 aromatic heterocycles. The Hall–Kier alpha value is -4.28. The van der Waals surface area contributed by atoms with E-state index in [-0.39, 0.29) is 5.28 Å². The molecule has 0 aliphatic carbocycles. The summed E-state index contributed by atoms with van der Waals surface area (Å²) >= 11 is 6.37. The van der Waals surface area contributed by atoms with Gasteiger partial charge in [-0.25, -0.2) is 4.98 Å². The second kappa shape index (κ2) is 8.25. The van der Waals surface area contributed by atoms with Crippen molar-refractivity contribution < 1.29 is 4.42 Å². The van der Waals surface area contributed by atoms with Crippen molar-refractivity contribution in [1.82, 2.24) is 15.0 Å². The van der Waals surface area contributed by atoms with E-state index in [0.717, 1.165) is 49.8 Å². The van der Waals surface area contributed by atoms with E-state index in [9.17, 15) is 0 Å². The summed E-state index contributed by atoms with van der Waals surface area (Å²) in [7, 11) is 0. The van der Waals surface area contributed by atoms with Gasteiger partial charge in [-0.2, -0.15) is 9.97 Å². The molecule has 0 spiro atoms. The fourth-order valence-electron chi connectivity index (χ4n) is 4.23. The number of furan rings is 1. The van der Waals surface area contributed by atoms with E-state index in [4.69, 9.17) is 21.0 Å². The molecule has 162 valence electrons. The van der Waals surface area contributed by atoms with Gasteiger partial charge in [0.2, 0.25) is 5.28 Å². The van der Waals surface area contributed by atoms with Crippen molar-refractivity contribution in [2.75, 3.05) is 0 Å². The maximum atomic E-state index is 6.37. The number of halogens is 1. The minimum Gasteiger partial charge on any atom is -0.456 e. The average Bonchev–Trinajstić information content (AvgIpc) is 3.27. The van der Waals surface area contributed by atoms with Gasteiger partial charge in [0.15, 0.2) is 11.6 Å². The average molecular weight is 460 g/mol. The van der Waals surface area contributed by atoms with Crippen molar-refractivity contribution in [2.45, 2.75) is 0 Å². The maximum absolute atomic E-state index is 6.37. The number of aromatic nitrogens is 3. The predicted octanol–water partition coefficient (Wildman–Crippen LogP) is 8.07. The van der Waals surface area contributed by atoms with Gasteiger partial charge in [0, 0.05) is 21.9 Å². The lowest BCUT2D eigenvalue weighted by Gasteiger charge is -2.07. The molecular formula is C29H18ClN3O. The molecule has 0 bridgehead atoms. The molecule has 5 heteroatoms. The van der Waals surface area contributed by atoms with Gasteiger partial charge in [0.05, 0.1) is 0 Å². The van der Waals surface area contributed by atoms with E-state index in [0.29, 0.717) is 11.6 Å². The number of fused-ring (bicyclic) bond motifs is 3. The van der Waals surface area contributed by atoms with Crippen LogP contribution in [0.3, 0.4) is 0 Å². The second-order valence-electron chi connectivity index (χ2n) is 7.94. The summed E-state index contributed by atoms with van der Waals surface area (Å²) in [6.45, 7) is 3.84. The monoisotopic (exact) mass is 459 g/mol. The SMILES string of the molecule is C=Cc1cccc(-c2nc(Cl)nc(-c3cccc4oc5ccc(-c6ccccc6)cc5c34)n2)c1. The van der Waals surface area contributed by atoms with E-state index >= 15 is 0 Å². The molecule has 0 unspecified atom stereocenters. The van der Waals surface area contributed by atoms with Crippen molar-refractivity contribution in [3.8, 4) is 33.9 Å². The van der Waals surface area contributed by atoms with Gasteiger partial charge in [-0.05, 0) is 52.6 Å². The molecule has 34 heavy (non-hydrogen) atoms. The van der Waals surface area contributed by atoms with Crippen LogP contribution in [0.25, 0.3) is 61.9 Å². The molecule has 6 rings (SSSR count). The Bertz CT molecular complexity index is 1690. The smallest absolute Gasteiger partial charge is 0.226 e. The highest BCUT2D eigenvalue weighted by atomic mass is 35.5. The van der Waals surface area contributed by atoms with Gasteiger partial charge in [0.1, 0.15) is 11.2 Å². The maximum Gasteiger partial charge on any atom is 0.226 e. The molecule has 0 saturated carbocycles. The lowest BCUT2D eigenvalue weighted by atomic mass is 10.0. The molecule has 0 aliphatic heterocycles. The van der Waals surface area contributed by atoms with Crippen LogP contribution in [0.15, 0.2) is 102 Å². The number of hydrogen-bond acceptors (Lipinski definition) is 4. The molecule has 0 N–H and O–H groups in total. The van der Waals surface area contributed by atoms with E-state index < -0.39 is 0 Å². The summed E-state index contributed by atoms with van der Waals surface area (Å²) in [5.74, 6) is 1.01. The highest BCUT2D eigenvalue weighted by Crippen LogP contribution is 2.38. The first-order valence-corrected chi connectivity index (χ1v) is 11.2. The second-order valence-corrected chi connectivity index (χ2v) is 8.28. The molecule has 0 amide bonds. The minimum absolute atomic E-state index is 0.138. The summed E-state index contributed by atoms with van der Waals surface area (Å²) < 4.78 is 6.17. The fourth-order valence-corrected chi connectivity index (χ4v) is 4.39. The first kappa shape index (κ1) is 20.3. The number of hydrogen-bond donors (Lipinski definition) is 0. The minimum atomic E-state index is 0.138. The number of benzene rings is 4. The van der Waals surface area contributed by atoms with Crippen molar-refractivity contribution in [3.05, 3.63) is 108 Å². The topological polar surface area (TPSA) is 51.8 Å². The number of nitrogens with zero attached hydrogens (tertiary/aromatic N) is 3. The van der Waals surface area contributed by atoms with E-state index in [1.165, 1.54) is 0 Å². The normalized spacial score (nSPS) is 11.2. The van der Waals surface area contributed by atoms with Gasteiger partial charge < -0.3 is 4.42 Å². The molecule has 6 aromatic rings. The third-order valence-corrected chi connectivity index (χ3v) is 6.00. The highest BCUT2D eigenvalue weighted by molar-refractivity contribution is 6.28. The van der Waals surface area contributed by atoms with Crippen LogP contribution < -0.4 is 0 Å². The largest absolute Gasteiger partial charge is 0.456 e. The molecule has 0 saturated heterocycles. The molecule has 2 heterocycles. The van der Waals surface area contributed by atoms with Crippen LogP contribution in [-0.4, -0.2) is 15.0 Å². The molecule has 0 aliphatic rings. The Morgan fingerprint density at radius 1 is 0.676 bits per heavy atom. The predicted molar refractivity (Wildman–Crippen MR) is 139 cm³/mol. The Morgan fingerprint density at radius 2 is 1.47 bits per heavy atom. The van der Waals surface area contributed by atoms with Crippen molar-refractivity contribution >= 4 is 39.6 Å². The van der Waals surface area contributed by atoms with Crippen LogP contribution in [0, 0.1) is 0 Å². The van der Waals surface area contributed by atoms with Crippen LogP contribution in [0.4, 0.5) is 0 Å². The zero-order chi connectivity index (χ0) is 23.1. The van der Waals surface area contributed by atoms with Gasteiger partial charge in [0.25, 0.3) is 0 Å². The van der Waals surface area contributed by atoms with Crippen molar-refractivity contribution in [1.29, 1.82) is 0 Å². The van der Waals surface area contributed by atoms with Crippen LogP contribution in [0.2, 0.25) is 5.28 Å². The van der Waals surface area contributed by atoms with E-state index in [2.05, 4.69) is 40.8 Å². The van der Waals surface area contributed by atoms with E-state index in [1.54, 1.807) is 6.08 Å². The van der Waals surface area contributed by atoms with Gasteiger partial charge in [-0.1, -0.05) is 79.4 Å². The Kier molecular flexibility index (Phi) is 4.93. The van der Waals surface area contributed by atoms with Crippen molar-refractivity contribution in [3.63, 3.8) is 0 Å². The molecular weight excluding hydrogens is 442 g/mol. The summed E-state index contributed by atoms with van der Waals surface area (Å²) in [6, 6.07) is 30.2. The zero-order valence-electron chi connectivity index (χ0n) is 18.1. The van der Waals surface area contributed by atoms with Crippen LogP contribution in [-0.2, 0) is 0 Å². The summed E-state index contributed by atoms with van der Waals surface area (Å²) in [5.41, 5.74) is 6.49. The standard InChI is InChI=1S/C29H18ClN3O/c1-2-18-8-6-11-21(16-18)27-31-28(33-29(30)32-27)22-12-7-13-25-26(22)23-17-20(14-15-24(23)34-25)19-9-4-3-5-10-19/h2-17H,1H2. The molecule has 0 fully saturated rings. The van der Waals surface area contributed by atoms with E-state index in [1.807, 2.05) is 66.7 Å². The van der Waals surface area contributed by atoms with Crippen LogP contribution >= 0.6 is 11.6 Å². The molecule has 0 atom stereocenters. The molecule has 0 radical (unpaired) electrons. The first-order valence-electron chi connectivity index (χ1n) is 10.8. The Labute approximate surface area is 201 Å². The summed E-state index contributed by atoms with van der Waals surface area (Å²) in [6.07, 6.45) is 1.79. The quantitative estimate of drug-likeness (QED) is 0.267. The van der Waals surface area contributed by atoms with Gasteiger partial charge in [-0.3, -0.25) is 0 Å². The summed E-state index contributed by atoms with van der Waals surface area (Å²) in [5, 5.41) is 2.08. The third kappa shape index (κ3) is 3.54. The van der Waals surface area contributed by atoms with Crippen LogP contribution in [0.1, 0.15) is 5.56 Å². The van der Waals surface area contributed by atoms with Gasteiger partial charge >= 0.3 is 0 Å². The fraction of sp³-hybridized carbons (Fsp3) is 0. The summed E-state index contributed by atoms with van der Waals surface area (Å²) in [4.78, 5) is 13.6. The Morgan fingerprint density at radius 3 is 2.32 bits per heavy atom.